The first-order valence-electron chi connectivity index (χ1n) is 7.01. The molecule has 19 heavy (non-hydrogen) atoms. The molecule has 1 atom stereocenters. The summed E-state index contributed by atoms with van der Waals surface area (Å²) in [4.78, 5) is 4.35. The minimum absolute atomic E-state index is 0.242. The summed E-state index contributed by atoms with van der Waals surface area (Å²) in [6.07, 6.45) is 2.15. The van der Waals surface area contributed by atoms with Crippen LogP contribution in [0.2, 0.25) is 0 Å². The van der Waals surface area contributed by atoms with Crippen LogP contribution in [0.25, 0.3) is 0 Å². The van der Waals surface area contributed by atoms with Gasteiger partial charge in [-0.1, -0.05) is 33.8 Å². The Labute approximate surface area is 117 Å². The van der Waals surface area contributed by atoms with Gasteiger partial charge in [-0.15, -0.1) is 0 Å². The first kappa shape index (κ1) is 16.0. The lowest BCUT2D eigenvalue weighted by Crippen LogP contribution is -2.15. The van der Waals surface area contributed by atoms with Gasteiger partial charge in [0, 0.05) is 12.3 Å². The largest absolute Gasteiger partial charge is 0.475 e. The SMILES string of the molecule is CC(C)OCCOc1ccc(C(C)C(C)(C)C)cn1. The van der Waals surface area contributed by atoms with Gasteiger partial charge in [-0.25, -0.2) is 4.98 Å². The van der Waals surface area contributed by atoms with Gasteiger partial charge in [0.25, 0.3) is 0 Å². The molecule has 0 radical (unpaired) electrons. The van der Waals surface area contributed by atoms with E-state index < -0.39 is 0 Å². The van der Waals surface area contributed by atoms with E-state index in [0.29, 0.717) is 25.0 Å². The quantitative estimate of drug-likeness (QED) is 0.728. The van der Waals surface area contributed by atoms with Crippen molar-refractivity contribution in [3.63, 3.8) is 0 Å². The third-order valence-electron chi connectivity index (χ3n) is 3.34. The van der Waals surface area contributed by atoms with Crippen molar-refractivity contribution in [2.24, 2.45) is 5.41 Å². The lowest BCUT2D eigenvalue weighted by Gasteiger charge is -2.27. The summed E-state index contributed by atoms with van der Waals surface area (Å²) in [5.74, 6) is 1.13. The molecular weight excluding hydrogens is 238 g/mol. The molecule has 0 amide bonds. The van der Waals surface area contributed by atoms with Crippen molar-refractivity contribution < 1.29 is 9.47 Å². The van der Waals surface area contributed by atoms with Crippen LogP contribution in [0.15, 0.2) is 18.3 Å². The predicted octanol–water partition coefficient (Wildman–Crippen LogP) is 4.04. The van der Waals surface area contributed by atoms with Crippen LogP contribution < -0.4 is 4.74 Å². The van der Waals surface area contributed by atoms with Crippen molar-refractivity contribution in [1.82, 2.24) is 4.98 Å². The Hall–Kier alpha value is -1.09. The molecule has 0 saturated carbocycles. The topological polar surface area (TPSA) is 31.4 Å². The van der Waals surface area contributed by atoms with Crippen LogP contribution in [0.3, 0.4) is 0 Å². The van der Waals surface area contributed by atoms with E-state index in [1.807, 2.05) is 26.1 Å². The smallest absolute Gasteiger partial charge is 0.213 e. The number of hydrogen-bond donors (Lipinski definition) is 0. The molecule has 1 aromatic heterocycles. The van der Waals surface area contributed by atoms with Crippen LogP contribution >= 0.6 is 0 Å². The molecule has 3 heteroatoms. The second-order valence-corrected chi connectivity index (χ2v) is 6.29. The van der Waals surface area contributed by atoms with E-state index in [2.05, 4.69) is 38.7 Å². The summed E-state index contributed by atoms with van der Waals surface area (Å²) >= 11 is 0. The number of rotatable bonds is 6. The highest BCUT2D eigenvalue weighted by atomic mass is 16.5. The van der Waals surface area contributed by atoms with Crippen LogP contribution in [0.4, 0.5) is 0 Å². The Morgan fingerprint density at radius 3 is 2.26 bits per heavy atom. The Morgan fingerprint density at radius 2 is 1.79 bits per heavy atom. The summed E-state index contributed by atoms with van der Waals surface area (Å²) in [6, 6.07) is 4.04. The van der Waals surface area contributed by atoms with Crippen molar-refractivity contribution in [3.05, 3.63) is 23.9 Å². The van der Waals surface area contributed by atoms with Gasteiger partial charge in [0.1, 0.15) is 6.61 Å². The first-order chi connectivity index (χ1) is 8.80. The molecule has 108 valence electrons. The van der Waals surface area contributed by atoms with Crippen molar-refractivity contribution in [2.45, 2.75) is 53.6 Å². The molecule has 1 aromatic rings. The zero-order valence-corrected chi connectivity index (χ0v) is 13.1. The van der Waals surface area contributed by atoms with E-state index in [-0.39, 0.29) is 11.5 Å². The molecular formula is C16H27NO2. The van der Waals surface area contributed by atoms with Crippen molar-refractivity contribution >= 4 is 0 Å². The molecule has 0 aromatic carbocycles. The third-order valence-corrected chi connectivity index (χ3v) is 3.34. The van der Waals surface area contributed by atoms with E-state index in [1.54, 1.807) is 0 Å². The normalized spacial score (nSPS) is 13.6. The highest BCUT2D eigenvalue weighted by Gasteiger charge is 2.21. The molecule has 1 unspecified atom stereocenters. The van der Waals surface area contributed by atoms with Crippen molar-refractivity contribution in [3.8, 4) is 5.88 Å². The fourth-order valence-corrected chi connectivity index (χ4v) is 1.66. The average Bonchev–Trinajstić information content (AvgIpc) is 2.33. The third kappa shape index (κ3) is 5.60. The Kier molecular flexibility index (Phi) is 5.80. The van der Waals surface area contributed by atoms with Gasteiger partial charge in [0.15, 0.2) is 0 Å². The molecule has 3 nitrogen and oxygen atoms in total. The van der Waals surface area contributed by atoms with Crippen LogP contribution in [-0.4, -0.2) is 24.3 Å². The average molecular weight is 265 g/mol. The lowest BCUT2D eigenvalue weighted by atomic mass is 9.78. The highest BCUT2D eigenvalue weighted by molar-refractivity contribution is 5.22. The first-order valence-corrected chi connectivity index (χ1v) is 7.01. The molecule has 0 spiro atoms. The molecule has 1 heterocycles. The summed E-state index contributed by atoms with van der Waals surface area (Å²) in [7, 11) is 0. The number of aromatic nitrogens is 1. The van der Waals surface area contributed by atoms with Gasteiger partial charge in [0.05, 0.1) is 12.7 Å². The molecule has 0 bridgehead atoms. The monoisotopic (exact) mass is 265 g/mol. The zero-order valence-electron chi connectivity index (χ0n) is 13.1. The second-order valence-electron chi connectivity index (χ2n) is 6.29. The molecule has 0 N–H and O–H groups in total. The van der Waals surface area contributed by atoms with Gasteiger partial charge >= 0.3 is 0 Å². The van der Waals surface area contributed by atoms with Crippen LogP contribution in [0.1, 0.15) is 53.0 Å². The number of hydrogen-bond acceptors (Lipinski definition) is 3. The maximum atomic E-state index is 5.54. The predicted molar refractivity (Wildman–Crippen MR) is 78.7 cm³/mol. The van der Waals surface area contributed by atoms with Crippen LogP contribution in [0, 0.1) is 5.41 Å². The van der Waals surface area contributed by atoms with Gasteiger partial charge < -0.3 is 9.47 Å². The van der Waals surface area contributed by atoms with E-state index in [0.717, 1.165) is 0 Å². The molecule has 1 rings (SSSR count). The van der Waals surface area contributed by atoms with Crippen LogP contribution in [-0.2, 0) is 4.74 Å². The maximum Gasteiger partial charge on any atom is 0.213 e. The Balaban J connectivity index is 2.48. The minimum atomic E-state index is 0.242. The standard InChI is InChI=1S/C16H27NO2/c1-12(2)18-9-10-19-15-8-7-14(11-17-15)13(3)16(4,5)6/h7-8,11-13H,9-10H2,1-6H3. The maximum absolute atomic E-state index is 5.54. The van der Waals surface area contributed by atoms with E-state index in [4.69, 9.17) is 9.47 Å². The van der Waals surface area contributed by atoms with Crippen molar-refractivity contribution in [1.29, 1.82) is 0 Å². The zero-order chi connectivity index (χ0) is 14.5. The number of ether oxygens (including phenoxy) is 2. The van der Waals surface area contributed by atoms with E-state index >= 15 is 0 Å². The molecule has 0 aliphatic rings. The van der Waals surface area contributed by atoms with Gasteiger partial charge in [-0.2, -0.15) is 0 Å². The summed E-state index contributed by atoms with van der Waals surface area (Å²) in [5.41, 5.74) is 1.49. The fraction of sp³-hybridized carbons (Fsp3) is 0.688. The van der Waals surface area contributed by atoms with E-state index in [9.17, 15) is 0 Å². The van der Waals surface area contributed by atoms with Gasteiger partial charge in [-0.3, -0.25) is 0 Å². The molecule has 0 saturated heterocycles. The fourth-order valence-electron chi connectivity index (χ4n) is 1.66. The van der Waals surface area contributed by atoms with Gasteiger partial charge in [0.2, 0.25) is 5.88 Å². The van der Waals surface area contributed by atoms with E-state index in [1.165, 1.54) is 5.56 Å². The lowest BCUT2D eigenvalue weighted by molar-refractivity contribution is 0.0542. The minimum Gasteiger partial charge on any atom is -0.475 e. The van der Waals surface area contributed by atoms with Crippen molar-refractivity contribution in [2.75, 3.05) is 13.2 Å². The molecule has 0 aliphatic carbocycles. The summed E-state index contributed by atoms with van der Waals surface area (Å²) < 4.78 is 11.0. The summed E-state index contributed by atoms with van der Waals surface area (Å²) in [6.45, 7) is 14.1. The second kappa shape index (κ2) is 6.90. The van der Waals surface area contributed by atoms with Gasteiger partial charge in [-0.05, 0) is 30.7 Å². The summed E-state index contributed by atoms with van der Waals surface area (Å²) in [5, 5.41) is 0. The number of nitrogens with zero attached hydrogens (tertiary/aromatic N) is 1. The molecule has 0 aliphatic heterocycles. The Bertz CT molecular complexity index is 365. The highest BCUT2D eigenvalue weighted by Crippen LogP contribution is 2.34. The Morgan fingerprint density at radius 1 is 1.11 bits per heavy atom. The van der Waals surface area contributed by atoms with Crippen LogP contribution in [0.5, 0.6) is 5.88 Å². The molecule has 0 fully saturated rings. The number of pyridine rings is 1.